The number of aromatic amines is 1. The number of nitrogens with one attached hydrogen (secondary N) is 1. The molecule has 1 heterocycles. The van der Waals surface area contributed by atoms with Gasteiger partial charge < -0.3 is 5.11 Å². The largest absolute Gasteiger partial charge is 0.494 e. The lowest BCUT2D eigenvalue weighted by atomic mass is 10.2. The molecule has 0 saturated carbocycles. The molecule has 26 heavy (non-hydrogen) atoms. The number of nitrogens with zero attached hydrogens (tertiary/aromatic N) is 1. The zero-order chi connectivity index (χ0) is 18.7. The van der Waals surface area contributed by atoms with Gasteiger partial charge in [-0.05, 0) is 66.3 Å². The number of hydrogen-bond acceptors (Lipinski definition) is 3. The van der Waals surface area contributed by atoms with E-state index < -0.39 is 5.56 Å². The van der Waals surface area contributed by atoms with Crippen LogP contribution in [0.3, 0.4) is 0 Å². The topological polar surface area (TPSA) is 58.0 Å². The van der Waals surface area contributed by atoms with E-state index in [0.717, 1.165) is 10.0 Å². The summed E-state index contributed by atoms with van der Waals surface area (Å²) in [5, 5.41) is 11.1. The summed E-state index contributed by atoms with van der Waals surface area (Å²) in [4.78, 5) is 14.7. The molecule has 0 amide bonds. The third-order valence-corrected chi connectivity index (χ3v) is 4.62. The van der Waals surface area contributed by atoms with E-state index in [1.54, 1.807) is 30.3 Å². The van der Waals surface area contributed by atoms with Gasteiger partial charge in [-0.1, -0.05) is 39.7 Å². The Morgan fingerprint density at radius 3 is 2.42 bits per heavy atom. The summed E-state index contributed by atoms with van der Waals surface area (Å²) in [6.07, 6.45) is 3.12. The van der Waals surface area contributed by atoms with Crippen molar-refractivity contribution in [1.82, 2.24) is 9.55 Å². The number of hydrogen-bond donors (Lipinski definition) is 2. The highest BCUT2D eigenvalue weighted by atomic mass is 79.9. The normalized spacial score (nSPS) is 10.2. The molecule has 0 bridgehead atoms. The summed E-state index contributed by atoms with van der Waals surface area (Å²) in [5.41, 5.74) is 3.97. The summed E-state index contributed by atoms with van der Waals surface area (Å²) in [7, 11) is 0. The summed E-state index contributed by atoms with van der Waals surface area (Å²) in [5.74, 6) is -0.266. The molecule has 2 N–H and O–H groups in total. The average Bonchev–Trinajstić information content (AvgIpc) is 2.61. The molecular weight excluding hydrogens is 436 g/mol. The van der Waals surface area contributed by atoms with Gasteiger partial charge in [-0.2, -0.15) is 0 Å². The summed E-state index contributed by atoms with van der Waals surface area (Å²) >= 11 is 14.4. The summed E-state index contributed by atoms with van der Waals surface area (Å²) in [6.45, 7) is 0. The SMILES string of the molecule is O=c1[nH]c(=S)n(-c2ccc(Cl)cc2)c(O)c1C=C=Cc1ccc(Br)cc1. The lowest BCUT2D eigenvalue weighted by molar-refractivity contribution is 0.432. The van der Waals surface area contributed by atoms with E-state index in [1.165, 1.54) is 10.6 Å². The Labute approximate surface area is 167 Å². The number of halogens is 2. The van der Waals surface area contributed by atoms with E-state index >= 15 is 0 Å². The molecule has 0 saturated heterocycles. The molecule has 0 radical (unpaired) electrons. The van der Waals surface area contributed by atoms with E-state index in [2.05, 4.69) is 26.6 Å². The number of rotatable bonds is 3. The second kappa shape index (κ2) is 7.89. The van der Waals surface area contributed by atoms with Crippen LogP contribution in [0, 0.1) is 4.77 Å². The fraction of sp³-hybridized carbons (Fsp3) is 0. The van der Waals surface area contributed by atoms with Gasteiger partial charge in [0.1, 0.15) is 5.56 Å². The Balaban J connectivity index is 2.07. The van der Waals surface area contributed by atoms with Crippen molar-refractivity contribution in [2.24, 2.45) is 0 Å². The monoisotopic (exact) mass is 446 g/mol. The van der Waals surface area contributed by atoms with Crippen molar-refractivity contribution >= 4 is 51.9 Å². The predicted octanol–water partition coefficient (Wildman–Crippen LogP) is 5.34. The molecule has 0 fully saturated rings. The fourth-order valence-electron chi connectivity index (χ4n) is 2.28. The van der Waals surface area contributed by atoms with Crippen molar-refractivity contribution < 1.29 is 5.11 Å². The predicted molar refractivity (Wildman–Crippen MR) is 110 cm³/mol. The molecule has 3 aromatic rings. The van der Waals surface area contributed by atoms with Crippen LogP contribution in [0.15, 0.2) is 63.5 Å². The molecule has 0 aliphatic rings. The first-order valence-electron chi connectivity index (χ1n) is 7.48. The molecule has 3 rings (SSSR count). The van der Waals surface area contributed by atoms with Crippen molar-refractivity contribution in [3.8, 4) is 11.6 Å². The Morgan fingerprint density at radius 1 is 1.12 bits per heavy atom. The molecule has 0 aliphatic carbocycles. The maximum absolute atomic E-state index is 12.2. The molecular formula is C19H12BrClN2O2S. The summed E-state index contributed by atoms with van der Waals surface area (Å²) < 4.78 is 2.42. The Hall–Kier alpha value is -2.37. The molecule has 130 valence electrons. The van der Waals surface area contributed by atoms with E-state index in [4.69, 9.17) is 23.8 Å². The number of benzene rings is 2. The van der Waals surface area contributed by atoms with Crippen LogP contribution >= 0.6 is 39.7 Å². The van der Waals surface area contributed by atoms with Crippen LogP contribution in [0.5, 0.6) is 5.88 Å². The first-order chi connectivity index (χ1) is 12.5. The van der Waals surface area contributed by atoms with E-state index in [-0.39, 0.29) is 16.2 Å². The Bertz CT molecular complexity index is 1130. The van der Waals surface area contributed by atoms with Crippen molar-refractivity contribution in [2.45, 2.75) is 0 Å². The summed E-state index contributed by atoms with van der Waals surface area (Å²) in [6, 6.07) is 14.3. The van der Waals surface area contributed by atoms with Gasteiger partial charge >= 0.3 is 0 Å². The highest BCUT2D eigenvalue weighted by molar-refractivity contribution is 9.10. The van der Waals surface area contributed by atoms with Crippen LogP contribution in [-0.2, 0) is 0 Å². The first-order valence-corrected chi connectivity index (χ1v) is 9.06. The van der Waals surface area contributed by atoms with E-state index in [1.807, 2.05) is 24.3 Å². The van der Waals surface area contributed by atoms with Gasteiger partial charge in [-0.15, -0.1) is 5.73 Å². The number of aromatic nitrogens is 2. The molecule has 0 unspecified atom stereocenters. The van der Waals surface area contributed by atoms with Crippen LogP contribution in [0.25, 0.3) is 17.8 Å². The third kappa shape index (κ3) is 4.06. The second-order valence-corrected chi connectivity index (χ2v) is 7.05. The van der Waals surface area contributed by atoms with Crippen molar-refractivity contribution in [3.63, 3.8) is 0 Å². The molecule has 0 atom stereocenters. The van der Waals surface area contributed by atoms with Gasteiger partial charge in [0.15, 0.2) is 4.77 Å². The molecule has 0 spiro atoms. The average molecular weight is 448 g/mol. The van der Waals surface area contributed by atoms with Crippen molar-refractivity contribution in [3.05, 3.63) is 90.0 Å². The minimum atomic E-state index is -0.491. The minimum Gasteiger partial charge on any atom is -0.494 e. The zero-order valence-corrected chi connectivity index (χ0v) is 16.4. The van der Waals surface area contributed by atoms with Gasteiger partial charge in [0, 0.05) is 9.50 Å². The molecule has 7 heteroatoms. The van der Waals surface area contributed by atoms with Crippen LogP contribution in [0.1, 0.15) is 11.1 Å². The number of aromatic hydroxyl groups is 1. The number of H-pyrrole nitrogens is 1. The standard InChI is InChI=1S/C19H12BrClN2O2S/c20-13-6-4-12(5-7-13)2-1-3-16-17(24)22-19(26)23(18(16)25)15-10-8-14(21)9-11-15/h2-11,25H,(H,22,24,26). The molecule has 1 aromatic heterocycles. The van der Waals surface area contributed by atoms with Gasteiger partial charge in [-0.3, -0.25) is 14.3 Å². The maximum Gasteiger partial charge on any atom is 0.263 e. The van der Waals surface area contributed by atoms with Gasteiger partial charge in [0.05, 0.1) is 5.69 Å². The first kappa shape index (κ1) is 18.4. The fourth-order valence-corrected chi connectivity index (χ4v) is 2.95. The van der Waals surface area contributed by atoms with Gasteiger partial charge in [0.25, 0.3) is 5.56 Å². The highest BCUT2D eigenvalue weighted by Crippen LogP contribution is 2.22. The van der Waals surface area contributed by atoms with Crippen LogP contribution in [0.4, 0.5) is 0 Å². The maximum atomic E-state index is 12.2. The van der Waals surface area contributed by atoms with Crippen molar-refractivity contribution in [1.29, 1.82) is 0 Å². The molecule has 4 nitrogen and oxygen atoms in total. The lowest BCUT2D eigenvalue weighted by Crippen LogP contribution is -2.15. The quantitative estimate of drug-likeness (QED) is 0.421. The second-order valence-electron chi connectivity index (χ2n) is 5.32. The van der Waals surface area contributed by atoms with E-state index in [9.17, 15) is 9.90 Å². The third-order valence-electron chi connectivity index (χ3n) is 3.55. The molecule has 0 aliphatic heterocycles. The van der Waals surface area contributed by atoms with Crippen molar-refractivity contribution in [2.75, 3.05) is 0 Å². The minimum absolute atomic E-state index is 0.0573. The Kier molecular flexibility index (Phi) is 5.59. The van der Waals surface area contributed by atoms with Gasteiger partial charge in [0.2, 0.25) is 5.88 Å². The van der Waals surface area contributed by atoms with Crippen LogP contribution < -0.4 is 5.56 Å². The highest BCUT2D eigenvalue weighted by Gasteiger charge is 2.11. The lowest BCUT2D eigenvalue weighted by Gasteiger charge is -2.11. The van der Waals surface area contributed by atoms with E-state index in [0.29, 0.717) is 10.7 Å². The molecule has 2 aromatic carbocycles. The smallest absolute Gasteiger partial charge is 0.263 e. The van der Waals surface area contributed by atoms with Crippen LogP contribution in [0.2, 0.25) is 5.02 Å². The van der Waals surface area contributed by atoms with Crippen LogP contribution in [-0.4, -0.2) is 14.7 Å². The zero-order valence-electron chi connectivity index (χ0n) is 13.2. The van der Waals surface area contributed by atoms with Gasteiger partial charge in [-0.25, -0.2) is 0 Å². The Morgan fingerprint density at radius 2 is 1.77 bits per heavy atom.